The van der Waals surface area contributed by atoms with Crippen LogP contribution in [0.4, 0.5) is 10.2 Å². The molecule has 0 radical (unpaired) electrons. The van der Waals surface area contributed by atoms with E-state index in [1.165, 1.54) is 12.4 Å². The fourth-order valence-corrected chi connectivity index (χ4v) is 1.71. The molecule has 0 aliphatic carbocycles. The van der Waals surface area contributed by atoms with Gasteiger partial charge in [0.05, 0.1) is 10.7 Å². The largest absolute Gasteiger partial charge is 0.384 e. The molecular formula is C10H6BrClFN3. The van der Waals surface area contributed by atoms with Crippen molar-refractivity contribution in [3.8, 4) is 11.3 Å². The lowest BCUT2D eigenvalue weighted by Gasteiger charge is -2.05. The highest BCUT2D eigenvalue weighted by Crippen LogP contribution is 2.32. The Bertz CT molecular complexity index is 548. The molecule has 2 rings (SSSR count). The number of rotatable bonds is 1. The Morgan fingerprint density at radius 1 is 1.31 bits per heavy atom. The minimum Gasteiger partial charge on any atom is -0.384 e. The van der Waals surface area contributed by atoms with Crippen molar-refractivity contribution in [3.05, 3.63) is 39.8 Å². The molecule has 82 valence electrons. The molecule has 16 heavy (non-hydrogen) atoms. The number of hydrogen-bond acceptors (Lipinski definition) is 3. The lowest BCUT2D eigenvalue weighted by atomic mass is 10.1. The number of hydrogen-bond donors (Lipinski definition) is 1. The second kappa shape index (κ2) is 4.35. The lowest BCUT2D eigenvalue weighted by molar-refractivity contribution is 0.630. The molecule has 1 aromatic carbocycles. The second-order valence-corrected chi connectivity index (χ2v) is 4.28. The summed E-state index contributed by atoms with van der Waals surface area (Å²) in [5.74, 6) is -0.252. The first kappa shape index (κ1) is 11.3. The Morgan fingerprint density at radius 3 is 2.75 bits per heavy atom. The normalized spacial score (nSPS) is 10.4. The van der Waals surface area contributed by atoms with Crippen LogP contribution in [0, 0.1) is 5.82 Å². The summed E-state index contributed by atoms with van der Waals surface area (Å²) in [5, 5.41) is 0.0229. The third-order valence-electron chi connectivity index (χ3n) is 2.00. The van der Waals surface area contributed by atoms with E-state index in [0.29, 0.717) is 15.7 Å². The molecule has 0 bridgehead atoms. The van der Waals surface area contributed by atoms with E-state index in [9.17, 15) is 4.39 Å². The summed E-state index contributed by atoms with van der Waals surface area (Å²) < 4.78 is 14.3. The van der Waals surface area contributed by atoms with Gasteiger partial charge >= 0.3 is 0 Å². The molecule has 0 spiro atoms. The maximum Gasteiger partial charge on any atom is 0.152 e. The first-order valence-electron chi connectivity index (χ1n) is 4.31. The third-order valence-corrected chi connectivity index (χ3v) is 3.26. The minimum atomic E-state index is -0.533. The van der Waals surface area contributed by atoms with Gasteiger partial charge in [0.15, 0.2) is 5.82 Å². The Balaban J connectivity index is 2.61. The predicted octanol–water partition coefficient (Wildman–Crippen LogP) is 3.28. The van der Waals surface area contributed by atoms with Gasteiger partial charge in [0.2, 0.25) is 0 Å². The van der Waals surface area contributed by atoms with Gasteiger partial charge in [-0.25, -0.2) is 14.4 Å². The zero-order valence-corrected chi connectivity index (χ0v) is 10.3. The molecule has 3 nitrogen and oxygen atoms in total. The van der Waals surface area contributed by atoms with Crippen molar-refractivity contribution in [1.29, 1.82) is 0 Å². The summed E-state index contributed by atoms with van der Waals surface area (Å²) in [6.45, 7) is 0. The summed E-state index contributed by atoms with van der Waals surface area (Å²) in [6, 6.07) is 4.72. The first-order chi connectivity index (χ1) is 7.59. The van der Waals surface area contributed by atoms with Crippen LogP contribution in [0.2, 0.25) is 5.02 Å². The van der Waals surface area contributed by atoms with Crippen LogP contribution in [-0.2, 0) is 0 Å². The molecule has 0 aliphatic rings. The van der Waals surface area contributed by atoms with Crippen molar-refractivity contribution in [2.45, 2.75) is 0 Å². The van der Waals surface area contributed by atoms with E-state index >= 15 is 0 Å². The molecule has 0 atom stereocenters. The van der Waals surface area contributed by atoms with E-state index in [0.717, 1.165) is 0 Å². The Hall–Kier alpha value is -1.20. The van der Waals surface area contributed by atoms with Gasteiger partial charge in [-0.3, -0.25) is 0 Å². The van der Waals surface area contributed by atoms with Crippen molar-refractivity contribution in [2.75, 3.05) is 5.73 Å². The van der Waals surface area contributed by atoms with E-state index in [1.807, 2.05) is 0 Å². The number of nitrogen functional groups attached to an aromatic ring is 1. The third kappa shape index (κ3) is 2.01. The van der Waals surface area contributed by atoms with Crippen molar-refractivity contribution in [2.24, 2.45) is 0 Å². The molecule has 0 amide bonds. The fraction of sp³-hybridized carbons (Fsp3) is 0. The van der Waals surface area contributed by atoms with E-state index in [1.54, 1.807) is 12.1 Å². The summed E-state index contributed by atoms with van der Waals surface area (Å²) in [5.41, 5.74) is 6.19. The molecule has 6 heteroatoms. The maximum absolute atomic E-state index is 13.8. The number of nitrogens with two attached hydrogens (primary N) is 1. The summed E-state index contributed by atoms with van der Waals surface area (Å²) >= 11 is 8.91. The average molecular weight is 303 g/mol. The monoisotopic (exact) mass is 301 g/mol. The molecule has 0 saturated heterocycles. The highest BCUT2D eigenvalue weighted by molar-refractivity contribution is 9.10. The van der Waals surface area contributed by atoms with Crippen molar-refractivity contribution in [1.82, 2.24) is 9.97 Å². The van der Waals surface area contributed by atoms with Gasteiger partial charge in [0.25, 0.3) is 0 Å². The van der Waals surface area contributed by atoms with Crippen molar-refractivity contribution in [3.63, 3.8) is 0 Å². The Kier molecular flexibility index (Phi) is 3.07. The van der Waals surface area contributed by atoms with Crippen LogP contribution >= 0.6 is 27.5 Å². The van der Waals surface area contributed by atoms with Gasteiger partial charge in [0, 0.05) is 16.1 Å². The highest BCUT2D eigenvalue weighted by atomic mass is 79.9. The van der Waals surface area contributed by atoms with E-state index in [2.05, 4.69) is 25.9 Å². The molecule has 0 saturated carbocycles. The average Bonchev–Trinajstić information content (AvgIpc) is 2.26. The Labute approximate surface area is 105 Å². The summed E-state index contributed by atoms with van der Waals surface area (Å²) in [4.78, 5) is 7.67. The van der Waals surface area contributed by atoms with Gasteiger partial charge in [-0.05, 0) is 28.1 Å². The fourth-order valence-electron chi connectivity index (χ4n) is 1.24. The molecule has 1 aromatic heterocycles. The minimum absolute atomic E-state index is 0.0229. The van der Waals surface area contributed by atoms with Gasteiger partial charge in [-0.15, -0.1) is 0 Å². The van der Waals surface area contributed by atoms with Gasteiger partial charge < -0.3 is 5.73 Å². The van der Waals surface area contributed by atoms with Gasteiger partial charge in [-0.2, -0.15) is 0 Å². The SMILES string of the molecule is Nc1cc(-c2ccc(Br)c(Cl)c2F)ncn1. The number of halogens is 3. The quantitative estimate of drug-likeness (QED) is 0.823. The first-order valence-corrected chi connectivity index (χ1v) is 5.48. The standard InChI is InChI=1S/C10H6BrClFN3/c11-6-2-1-5(10(13)9(6)12)7-3-8(14)16-4-15-7/h1-4H,(H2,14,15,16). The second-order valence-electron chi connectivity index (χ2n) is 3.05. The van der Waals surface area contributed by atoms with Crippen LogP contribution in [0.3, 0.4) is 0 Å². The van der Waals surface area contributed by atoms with E-state index < -0.39 is 5.82 Å². The van der Waals surface area contributed by atoms with Crippen LogP contribution in [0.25, 0.3) is 11.3 Å². The molecule has 0 aliphatic heterocycles. The highest BCUT2D eigenvalue weighted by Gasteiger charge is 2.12. The number of nitrogens with zero attached hydrogens (tertiary/aromatic N) is 2. The number of benzene rings is 1. The van der Waals surface area contributed by atoms with Crippen molar-refractivity contribution < 1.29 is 4.39 Å². The van der Waals surface area contributed by atoms with Gasteiger partial charge in [-0.1, -0.05) is 11.6 Å². The summed E-state index contributed by atoms with van der Waals surface area (Å²) in [7, 11) is 0. The van der Waals surface area contributed by atoms with E-state index in [-0.39, 0.29) is 10.8 Å². The Morgan fingerprint density at radius 2 is 2.06 bits per heavy atom. The zero-order valence-electron chi connectivity index (χ0n) is 7.92. The molecule has 0 unspecified atom stereocenters. The predicted molar refractivity (Wildman–Crippen MR) is 64.5 cm³/mol. The topological polar surface area (TPSA) is 51.8 Å². The van der Waals surface area contributed by atoms with Crippen LogP contribution in [0.1, 0.15) is 0 Å². The molecular weight excluding hydrogens is 296 g/mol. The van der Waals surface area contributed by atoms with Gasteiger partial charge in [0.1, 0.15) is 12.1 Å². The number of aromatic nitrogens is 2. The van der Waals surface area contributed by atoms with Crippen LogP contribution < -0.4 is 5.73 Å². The van der Waals surface area contributed by atoms with Crippen LogP contribution in [0.5, 0.6) is 0 Å². The molecule has 0 fully saturated rings. The molecule has 2 aromatic rings. The molecule has 1 heterocycles. The summed E-state index contributed by atoms with van der Waals surface area (Å²) in [6.07, 6.45) is 1.28. The lowest BCUT2D eigenvalue weighted by Crippen LogP contribution is -1.94. The van der Waals surface area contributed by atoms with E-state index in [4.69, 9.17) is 17.3 Å². The maximum atomic E-state index is 13.8. The molecule has 2 N–H and O–H groups in total. The van der Waals surface area contributed by atoms with Crippen LogP contribution in [0.15, 0.2) is 29.0 Å². The van der Waals surface area contributed by atoms with Crippen molar-refractivity contribution >= 4 is 33.3 Å². The smallest absolute Gasteiger partial charge is 0.152 e. The van der Waals surface area contributed by atoms with Crippen LogP contribution in [-0.4, -0.2) is 9.97 Å². The zero-order chi connectivity index (χ0) is 11.7. The number of anilines is 1.